The first kappa shape index (κ1) is 14.8. The molecular weight excluding hydrogens is 284 g/mol. The Bertz CT molecular complexity index is 547. The molecular formula is C13H19ClN2O2S. The lowest BCUT2D eigenvalue weighted by Gasteiger charge is -2.21. The van der Waals surface area contributed by atoms with Crippen LogP contribution >= 0.6 is 11.6 Å². The van der Waals surface area contributed by atoms with Crippen LogP contribution in [0.15, 0.2) is 23.2 Å². The summed E-state index contributed by atoms with van der Waals surface area (Å²) in [5.74, 6) is 0.951. The summed E-state index contributed by atoms with van der Waals surface area (Å²) >= 11 is 5.86. The second kappa shape index (κ2) is 5.77. The minimum absolute atomic E-state index is 0.00813. The molecule has 2 rings (SSSR count). The maximum absolute atomic E-state index is 12.3. The minimum atomic E-state index is -3.58. The Morgan fingerprint density at radius 3 is 2.79 bits per heavy atom. The molecule has 1 heterocycles. The standard InChI is InChI=1S/C13H19ClN2O2S/c1-3-10-6-7-11(9(10)2)16-19(17,18)12-5-4-8-15-13(12)14/h4-5,8-11,16H,3,6-7H2,1-2H3. The normalized spacial score (nSPS) is 27.6. The SMILES string of the molecule is CCC1CCC(NS(=O)(=O)c2cccnc2Cl)C1C. The van der Waals surface area contributed by atoms with E-state index >= 15 is 0 Å². The van der Waals surface area contributed by atoms with Gasteiger partial charge < -0.3 is 0 Å². The smallest absolute Gasteiger partial charge is 0.243 e. The average Bonchev–Trinajstić information content (AvgIpc) is 2.70. The van der Waals surface area contributed by atoms with Gasteiger partial charge in [0.2, 0.25) is 10.0 Å². The van der Waals surface area contributed by atoms with Crippen molar-refractivity contribution in [3.63, 3.8) is 0 Å². The van der Waals surface area contributed by atoms with Gasteiger partial charge >= 0.3 is 0 Å². The molecule has 0 aliphatic heterocycles. The van der Waals surface area contributed by atoms with Crippen LogP contribution < -0.4 is 4.72 Å². The summed E-state index contributed by atoms with van der Waals surface area (Å²) in [4.78, 5) is 3.88. The van der Waals surface area contributed by atoms with Crippen molar-refractivity contribution in [2.24, 2.45) is 11.8 Å². The Labute approximate surface area is 119 Å². The predicted molar refractivity (Wildman–Crippen MR) is 75.5 cm³/mol. The maximum Gasteiger partial charge on any atom is 0.243 e. The van der Waals surface area contributed by atoms with E-state index in [0.29, 0.717) is 11.8 Å². The van der Waals surface area contributed by atoms with E-state index in [2.05, 4.69) is 23.6 Å². The van der Waals surface area contributed by atoms with Crippen LogP contribution in [0, 0.1) is 11.8 Å². The second-order valence-corrected chi connectivity index (χ2v) is 7.17. The maximum atomic E-state index is 12.3. The summed E-state index contributed by atoms with van der Waals surface area (Å²) < 4.78 is 27.4. The molecule has 0 spiro atoms. The van der Waals surface area contributed by atoms with Gasteiger partial charge in [0.1, 0.15) is 10.0 Å². The fraction of sp³-hybridized carbons (Fsp3) is 0.615. The summed E-state index contributed by atoms with van der Waals surface area (Å²) in [6.45, 7) is 4.26. The number of nitrogens with zero attached hydrogens (tertiary/aromatic N) is 1. The zero-order valence-electron chi connectivity index (χ0n) is 11.1. The van der Waals surface area contributed by atoms with Gasteiger partial charge in [-0.2, -0.15) is 0 Å². The third kappa shape index (κ3) is 3.09. The molecule has 0 bridgehead atoms. The Morgan fingerprint density at radius 1 is 1.47 bits per heavy atom. The molecule has 19 heavy (non-hydrogen) atoms. The fourth-order valence-corrected chi connectivity index (χ4v) is 4.64. The van der Waals surface area contributed by atoms with Crippen LogP contribution in [0.3, 0.4) is 0 Å². The first-order valence-corrected chi connectivity index (χ1v) is 8.44. The molecule has 3 unspecified atom stereocenters. The third-order valence-corrected chi connectivity index (χ3v) is 6.01. The van der Waals surface area contributed by atoms with E-state index in [4.69, 9.17) is 11.6 Å². The van der Waals surface area contributed by atoms with Crippen LogP contribution in [0.2, 0.25) is 5.15 Å². The van der Waals surface area contributed by atoms with Gasteiger partial charge in [-0.15, -0.1) is 0 Å². The van der Waals surface area contributed by atoms with Gasteiger partial charge in [0.05, 0.1) is 0 Å². The van der Waals surface area contributed by atoms with Crippen molar-refractivity contribution in [1.82, 2.24) is 9.71 Å². The summed E-state index contributed by atoms with van der Waals surface area (Å²) in [7, 11) is -3.58. The summed E-state index contributed by atoms with van der Waals surface area (Å²) in [5, 5.41) is 0.0210. The number of hydrogen-bond donors (Lipinski definition) is 1. The molecule has 1 saturated carbocycles. The molecule has 0 aromatic carbocycles. The van der Waals surface area contributed by atoms with Crippen LogP contribution in [0.1, 0.15) is 33.1 Å². The van der Waals surface area contributed by atoms with Gasteiger partial charge in [0, 0.05) is 12.2 Å². The van der Waals surface area contributed by atoms with E-state index in [-0.39, 0.29) is 16.1 Å². The summed E-state index contributed by atoms with van der Waals surface area (Å²) in [6.07, 6.45) is 4.53. The minimum Gasteiger partial charge on any atom is -0.243 e. The molecule has 4 nitrogen and oxygen atoms in total. The average molecular weight is 303 g/mol. The Balaban J connectivity index is 2.17. The van der Waals surface area contributed by atoms with Gasteiger partial charge in [0.15, 0.2) is 0 Å². The van der Waals surface area contributed by atoms with Crippen LogP contribution in [0.25, 0.3) is 0 Å². The van der Waals surface area contributed by atoms with E-state index in [0.717, 1.165) is 19.3 Å². The Hall–Kier alpha value is -0.650. The predicted octanol–water partition coefficient (Wildman–Crippen LogP) is 2.84. The molecule has 1 aromatic rings. The van der Waals surface area contributed by atoms with Gasteiger partial charge in [-0.25, -0.2) is 18.1 Å². The monoisotopic (exact) mass is 302 g/mol. The molecule has 0 saturated heterocycles. The van der Waals surface area contributed by atoms with Crippen molar-refractivity contribution in [2.45, 2.75) is 44.0 Å². The lowest BCUT2D eigenvalue weighted by Crippen LogP contribution is -2.37. The van der Waals surface area contributed by atoms with E-state index in [9.17, 15) is 8.42 Å². The van der Waals surface area contributed by atoms with Gasteiger partial charge in [-0.05, 0) is 36.8 Å². The largest absolute Gasteiger partial charge is 0.243 e. The van der Waals surface area contributed by atoms with E-state index in [1.807, 2.05) is 0 Å². The van der Waals surface area contributed by atoms with Crippen LogP contribution in [0.5, 0.6) is 0 Å². The number of rotatable bonds is 4. The van der Waals surface area contributed by atoms with Crippen molar-refractivity contribution < 1.29 is 8.42 Å². The molecule has 1 N–H and O–H groups in total. The van der Waals surface area contributed by atoms with Gasteiger partial charge in [-0.3, -0.25) is 0 Å². The number of halogens is 1. The quantitative estimate of drug-likeness (QED) is 0.870. The number of nitrogens with one attached hydrogen (secondary N) is 1. The lowest BCUT2D eigenvalue weighted by atomic mass is 9.94. The molecule has 1 aliphatic carbocycles. The van der Waals surface area contributed by atoms with Crippen LogP contribution in [-0.2, 0) is 10.0 Å². The fourth-order valence-electron chi connectivity index (χ4n) is 2.82. The highest BCUT2D eigenvalue weighted by Crippen LogP contribution is 2.34. The van der Waals surface area contributed by atoms with Crippen molar-refractivity contribution in [3.8, 4) is 0 Å². The molecule has 1 aliphatic rings. The molecule has 1 fully saturated rings. The molecule has 106 valence electrons. The van der Waals surface area contributed by atoms with Gasteiger partial charge in [-0.1, -0.05) is 31.9 Å². The zero-order valence-corrected chi connectivity index (χ0v) is 12.7. The first-order chi connectivity index (χ1) is 8.95. The molecule has 0 amide bonds. The Kier molecular flexibility index (Phi) is 4.48. The summed E-state index contributed by atoms with van der Waals surface area (Å²) in [6, 6.07) is 3.05. The molecule has 1 aromatic heterocycles. The van der Waals surface area contributed by atoms with E-state index in [1.54, 1.807) is 6.07 Å². The third-order valence-electron chi connectivity index (χ3n) is 4.07. The van der Waals surface area contributed by atoms with Crippen molar-refractivity contribution in [2.75, 3.05) is 0 Å². The van der Waals surface area contributed by atoms with Crippen molar-refractivity contribution >= 4 is 21.6 Å². The highest BCUT2D eigenvalue weighted by Gasteiger charge is 2.34. The molecule has 0 radical (unpaired) electrons. The van der Waals surface area contributed by atoms with Crippen molar-refractivity contribution in [3.05, 3.63) is 23.5 Å². The highest BCUT2D eigenvalue weighted by molar-refractivity contribution is 7.89. The van der Waals surface area contributed by atoms with Crippen molar-refractivity contribution in [1.29, 1.82) is 0 Å². The first-order valence-electron chi connectivity index (χ1n) is 6.58. The van der Waals surface area contributed by atoms with Crippen LogP contribution in [-0.4, -0.2) is 19.4 Å². The Morgan fingerprint density at radius 2 is 2.21 bits per heavy atom. The number of hydrogen-bond acceptors (Lipinski definition) is 3. The molecule has 6 heteroatoms. The number of pyridine rings is 1. The van der Waals surface area contributed by atoms with Crippen LogP contribution in [0.4, 0.5) is 0 Å². The van der Waals surface area contributed by atoms with Gasteiger partial charge in [0.25, 0.3) is 0 Å². The summed E-state index contributed by atoms with van der Waals surface area (Å²) in [5.41, 5.74) is 0. The number of aromatic nitrogens is 1. The molecule has 3 atom stereocenters. The topological polar surface area (TPSA) is 59.1 Å². The lowest BCUT2D eigenvalue weighted by molar-refractivity contribution is 0.368. The van der Waals surface area contributed by atoms with E-state index in [1.165, 1.54) is 12.3 Å². The second-order valence-electron chi connectivity index (χ2n) is 5.12. The number of sulfonamides is 1. The zero-order chi connectivity index (χ0) is 14.0. The van der Waals surface area contributed by atoms with E-state index < -0.39 is 10.0 Å². The highest BCUT2D eigenvalue weighted by atomic mass is 35.5.